The van der Waals surface area contributed by atoms with Crippen molar-refractivity contribution in [3.05, 3.63) is 53.6 Å². The molecule has 2 atom stereocenters. The highest BCUT2D eigenvalue weighted by Gasteiger charge is 2.37. The van der Waals surface area contributed by atoms with Crippen molar-refractivity contribution < 1.29 is 15.0 Å². The standard InChI is InChI=1S/C21H25NO3S/c1-3-15(23)12-21(4-2)13-26-19-11-18(25)17(24)10-16(19)20(22-21)14-8-6-5-7-9-14/h5-11,20,22,24-25H,3-4,12-13H2,1-2H3. The highest BCUT2D eigenvalue weighted by molar-refractivity contribution is 7.99. The summed E-state index contributed by atoms with van der Waals surface area (Å²) in [6.07, 6.45) is 1.82. The van der Waals surface area contributed by atoms with Crippen molar-refractivity contribution in [3.8, 4) is 11.5 Å². The van der Waals surface area contributed by atoms with Gasteiger partial charge in [0.1, 0.15) is 5.78 Å². The van der Waals surface area contributed by atoms with E-state index in [4.69, 9.17) is 0 Å². The average molecular weight is 372 g/mol. The largest absolute Gasteiger partial charge is 0.504 e. The molecule has 0 bridgehead atoms. The Morgan fingerprint density at radius 2 is 1.88 bits per heavy atom. The Balaban J connectivity index is 2.10. The molecule has 0 aromatic heterocycles. The van der Waals surface area contributed by atoms with Gasteiger partial charge in [0, 0.05) is 29.0 Å². The number of carbonyl (C=O) groups is 1. The molecule has 3 rings (SSSR count). The summed E-state index contributed by atoms with van der Waals surface area (Å²) in [7, 11) is 0. The van der Waals surface area contributed by atoms with E-state index in [-0.39, 0.29) is 28.9 Å². The van der Waals surface area contributed by atoms with Gasteiger partial charge in [0.2, 0.25) is 0 Å². The molecule has 26 heavy (non-hydrogen) atoms. The molecular formula is C21H25NO3S. The van der Waals surface area contributed by atoms with Crippen molar-refractivity contribution in [3.63, 3.8) is 0 Å². The minimum atomic E-state index is -0.331. The molecule has 2 aromatic rings. The Morgan fingerprint density at radius 1 is 1.19 bits per heavy atom. The maximum absolute atomic E-state index is 12.3. The van der Waals surface area contributed by atoms with Crippen LogP contribution in [0.25, 0.3) is 0 Å². The Bertz CT molecular complexity index is 793. The van der Waals surface area contributed by atoms with Crippen molar-refractivity contribution in [2.75, 3.05) is 5.75 Å². The smallest absolute Gasteiger partial charge is 0.158 e. The van der Waals surface area contributed by atoms with Crippen LogP contribution in [0.4, 0.5) is 0 Å². The van der Waals surface area contributed by atoms with E-state index in [9.17, 15) is 15.0 Å². The molecule has 1 aliphatic rings. The van der Waals surface area contributed by atoms with Gasteiger partial charge in [-0.05, 0) is 29.7 Å². The minimum Gasteiger partial charge on any atom is -0.504 e. The lowest BCUT2D eigenvalue weighted by Crippen LogP contribution is -2.49. The average Bonchev–Trinajstić information content (AvgIpc) is 2.81. The van der Waals surface area contributed by atoms with Gasteiger partial charge in [0.25, 0.3) is 0 Å². The van der Waals surface area contributed by atoms with Crippen LogP contribution < -0.4 is 5.32 Å². The summed E-state index contributed by atoms with van der Waals surface area (Å²) in [5, 5.41) is 23.7. The van der Waals surface area contributed by atoms with Crippen molar-refractivity contribution in [1.82, 2.24) is 5.32 Å². The number of phenolic OH excluding ortho intramolecular Hbond substituents is 2. The molecule has 2 aromatic carbocycles. The van der Waals surface area contributed by atoms with Crippen LogP contribution in [-0.2, 0) is 4.79 Å². The highest BCUT2D eigenvalue weighted by atomic mass is 32.2. The van der Waals surface area contributed by atoms with Gasteiger partial charge in [-0.1, -0.05) is 44.2 Å². The number of thioether (sulfide) groups is 1. The molecule has 0 amide bonds. The Kier molecular flexibility index (Phi) is 5.58. The van der Waals surface area contributed by atoms with Crippen LogP contribution in [0, 0.1) is 0 Å². The van der Waals surface area contributed by atoms with Crippen LogP contribution in [0.15, 0.2) is 47.4 Å². The summed E-state index contributed by atoms with van der Waals surface area (Å²) in [4.78, 5) is 13.2. The fraction of sp³-hybridized carbons (Fsp3) is 0.381. The summed E-state index contributed by atoms with van der Waals surface area (Å²) < 4.78 is 0. The maximum Gasteiger partial charge on any atom is 0.158 e. The van der Waals surface area contributed by atoms with Crippen LogP contribution in [0.1, 0.15) is 50.3 Å². The topological polar surface area (TPSA) is 69.6 Å². The molecular weight excluding hydrogens is 346 g/mol. The molecule has 0 saturated carbocycles. The predicted octanol–water partition coefficient (Wildman–Crippen LogP) is 4.40. The molecule has 0 aliphatic carbocycles. The summed E-state index contributed by atoms with van der Waals surface area (Å²) in [5.41, 5.74) is 1.67. The van der Waals surface area contributed by atoms with Crippen LogP contribution in [0.5, 0.6) is 11.5 Å². The fourth-order valence-electron chi connectivity index (χ4n) is 3.41. The minimum absolute atomic E-state index is 0.114. The number of rotatable bonds is 5. The summed E-state index contributed by atoms with van der Waals surface area (Å²) in [6.45, 7) is 4.00. The van der Waals surface area contributed by atoms with Crippen LogP contribution in [0.3, 0.4) is 0 Å². The second kappa shape index (κ2) is 7.72. The van der Waals surface area contributed by atoms with Crippen molar-refractivity contribution in [1.29, 1.82) is 0 Å². The number of benzene rings is 2. The molecule has 4 nitrogen and oxygen atoms in total. The first-order valence-corrected chi connectivity index (χ1v) is 9.99. The first-order valence-electron chi connectivity index (χ1n) is 9.01. The molecule has 0 fully saturated rings. The van der Waals surface area contributed by atoms with Gasteiger partial charge in [-0.2, -0.15) is 0 Å². The number of phenols is 2. The van der Waals surface area contributed by atoms with E-state index in [1.165, 1.54) is 0 Å². The molecule has 2 unspecified atom stereocenters. The van der Waals surface area contributed by atoms with Crippen molar-refractivity contribution in [2.45, 2.75) is 49.6 Å². The normalized spacial score (nSPS) is 22.5. The quantitative estimate of drug-likeness (QED) is 0.680. The van der Waals surface area contributed by atoms with Gasteiger partial charge in [-0.25, -0.2) is 0 Å². The molecule has 138 valence electrons. The first kappa shape index (κ1) is 18.8. The Hall–Kier alpha value is -1.98. The van der Waals surface area contributed by atoms with Gasteiger partial charge in [-0.3, -0.25) is 10.1 Å². The van der Waals surface area contributed by atoms with Gasteiger partial charge in [-0.15, -0.1) is 11.8 Å². The van der Waals surface area contributed by atoms with E-state index in [0.29, 0.717) is 12.8 Å². The fourth-order valence-corrected chi connectivity index (χ4v) is 4.77. The number of hydrogen-bond acceptors (Lipinski definition) is 5. The van der Waals surface area contributed by atoms with Crippen molar-refractivity contribution in [2.24, 2.45) is 0 Å². The van der Waals surface area contributed by atoms with Crippen LogP contribution >= 0.6 is 11.8 Å². The Labute approximate surface area is 158 Å². The Morgan fingerprint density at radius 3 is 2.54 bits per heavy atom. The second-order valence-corrected chi connectivity index (χ2v) is 7.88. The van der Waals surface area contributed by atoms with Gasteiger partial charge in [0.05, 0.1) is 6.04 Å². The third kappa shape index (κ3) is 3.74. The molecule has 0 saturated heterocycles. The van der Waals surface area contributed by atoms with Crippen LogP contribution in [0.2, 0.25) is 0 Å². The summed E-state index contributed by atoms with van der Waals surface area (Å²) in [5.74, 6) is 0.733. The zero-order valence-corrected chi connectivity index (χ0v) is 16.0. The number of nitrogens with one attached hydrogen (secondary N) is 1. The van der Waals surface area contributed by atoms with Gasteiger partial charge in [0.15, 0.2) is 11.5 Å². The second-order valence-electron chi connectivity index (χ2n) is 6.86. The lowest BCUT2D eigenvalue weighted by molar-refractivity contribution is -0.120. The third-order valence-corrected chi connectivity index (χ3v) is 6.47. The van der Waals surface area contributed by atoms with Crippen LogP contribution in [-0.4, -0.2) is 27.3 Å². The molecule has 1 heterocycles. The van der Waals surface area contributed by atoms with E-state index >= 15 is 0 Å². The molecule has 1 aliphatic heterocycles. The van der Waals surface area contributed by atoms with Crippen molar-refractivity contribution >= 4 is 17.5 Å². The summed E-state index contributed by atoms with van der Waals surface area (Å²) >= 11 is 1.63. The number of Topliss-reactive ketones (excluding diaryl/α,β-unsaturated/α-hetero) is 1. The maximum atomic E-state index is 12.3. The highest BCUT2D eigenvalue weighted by Crippen LogP contribution is 2.44. The number of ketones is 1. The number of fused-ring (bicyclic) bond motifs is 1. The SMILES string of the molecule is CCC(=O)CC1(CC)CSc2cc(O)c(O)cc2C(c2ccccc2)N1. The van der Waals surface area contributed by atoms with E-state index in [1.54, 1.807) is 23.9 Å². The number of aromatic hydroxyl groups is 2. The lowest BCUT2D eigenvalue weighted by Gasteiger charge is -2.35. The first-order chi connectivity index (χ1) is 12.5. The van der Waals surface area contributed by atoms with E-state index in [1.807, 2.05) is 37.3 Å². The zero-order chi connectivity index (χ0) is 18.7. The zero-order valence-electron chi connectivity index (χ0n) is 15.2. The van der Waals surface area contributed by atoms with Gasteiger partial charge < -0.3 is 10.2 Å². The summed E-state index contributed by atoms with van der Waals surface area (Å²) in [6, 6.07) is 13.1. The third-order valence-electron chi connectivity index (χ3n) is 5.11. The predicted molar refractivity (Wildman–Crippen MR) is 105 cm³/mol. The lowest BCUT2D eigenvalue weighted by atomic mass is 9.87. The molecule has 5 heteroatoms. The van der Waals surface area contributed by atoms with E-state index in [0.717, 1.165) is 28.2 Å². The number of carbonyl (C=O) groups excluding carboxylic acids is 1. The number of hydrogen-bond donors (Lipinski definition) is 3. The molecule has 0 spiro atoms. The van der Waals surface area contributed by atoms with Gasteiger partial charge >= 0.3 is 0 Å². The van der Waals surface area contributed by atoms with E-state index in [2.05, 4.69) is 12.2 Å². The monoisotopic (exact) mass is 371 g/mol. The van der Waals surface area contributed by atoms with E-state index < -0.39 is 0 Å². The molecule has 0 radical (unpaired) electrons. The molecule has 3 N–H and O–H groups in total.